The van der Waals surface area contributed by atoms with Crippen LogP contribution in [0.2, 0.25) is 0 Å². The summed E-state index contributed by atoms with van der Waals surface area (Å²) in [5, 5.41) is 0. The SMILES string of the molecule is C[C@H]1CC[C@@H](N)[C@@H](Cc2ccccc2)C1. The van der Waals surface area contributed by atoms with E-state index in [4.69, 9.17) is 5.73 Å². The molecule has 1 aromatic carbocycles. The van der Waals surface area contributed by atoms with Gasteiger partial charge in [0.05, 0.1) is 0 Å². The zero-order chi connectivity index (χ0) is 10.7. The van der Waals surface area contributed by atoms with Crippen LogP contribution in [0.5, 0.6) is 0 Å². The van der Waals surface area contributed by atoms with E-state index in [-0.39, 0.29) is 0 Å². The summed E-state index contributed by atoms with van der Waals surface area (Å²) in [5.41, 5.74) is 7.63. The topological polar surface area (TPSA) is 26.0 Å². The summed E-state index contributed by atoms with van der Waals surface area (Å²) >= 11 is 0. The second-order valence-electron chi connectivity index (χ2n) is 5.03. The van der Waals surface area contributed by atoms with E-state index in [1.54, 1.807) is 0 Å². The monoisotopic (exact) mass is 203 g/mol. The fourth-order valence-electron chi connectivity index (χ4n) is 2.67. The van der Waals surface area contributed by atoms with Crippen molar-refractivity contribution in [2.75, 3.05) is 0 Å². The lowest BCUT2D eigenvalue weighted by Gasteiger charge is -2.32. The Balaban J connectivity index is 1.98. The minimum absolute atomic E-state index is 0.418. The van der Waals surface area contributed by atoms with Gasteiger partial charge in [0.15, 0.2) is 0 Å². The Morgan fingerprint density at radius 1 is 1.20 bits per heavy atom. The molecule has 0 bridgehead atoms. The Bertz CT molecular complexity index is 293. The first kappa shape index (κ1) is 10.7. The summed E-state index contributed by atoms with van der Waals surface area (Å²) in [6.45, 7) is 2.35. The Labute approximate surface area is 92.7 Å². The molecule has 1 fully saturated rings. The third-order valence-corrected chi connectivity index (χ3v) is 3.64. The van der Waals surface area contributed by atoms with Gasteiger partial charge in [-0.05, 0) is 43.1 Å². The van der Waals surface area contributed by atoms with Crippen molar-refractivity contribution in [1.82, 2.24) is 0 Å². The van der Waals surface area contributed by atoms with Crippen LogP contribution >= 0.6 is 0 Å². The van der Waals surface area contributed by atoms with Crippen molar-refractivity contribution in [2.24, 2.45) is 17.6 Å². The highest BCUT2D eigenvalue weighted by Gasteiger charge is 2.25. The first-order valence-electron chi connectivity index (χ1n) is 6.05. The summed E-state index contributed by atoms with van der Waals surface area (Å²) < 4.78 is 0. The molecule has 1 nitrogen and oxygen atoms in total. The predicted molar refractivity (Wildman–Crippen MR) is 64.6 cm³/mol. The van der Waals surface area contributed by atoms with Gasteiger partial charge in [-0.1, -0.05) is 37.3 Å². The molecule has 1 saturated carbocycles. The summed E-state index contributed by atoms with van der Waals surface area (Å²) in [6.07, 6.45) is 4.98. The van der Waals surface area contributed by atoms with Crippen molar-refractivity contribution in [1.29, 1.82) is 0 Å². The molecule has 0 amide bonds. The van der Waals surface area contributed by atoms with E-state index in [1.165, 1.54) is 24.8 Å². The Morgan fingerprint density at radius 3 is 2.67 bits per heavy atom. The van der Waals surface area contributed by atoms with E-state index in [0.717, 1.165) is 12.3 Å². The number of benzene rings is 1. The zero-order valence-corrected chi connectivity index (χ0v) is 9.52. The molecule has 82 valence electrons. The van der Waals surface area contributed by atoms with Gasteiger partial charge in [0.1, 0.15) is 0 Å². The van der Waals surface area contributed by atoms with Gasteiger partial charge in [-0.3, -0.25) is 0 Å². The molecule has 3 atom stereocenters. The Kier molecular flexibility index (Phi) is 3.42. The van der Waals surface area contributed by atoms with Crippen molar-refractivity contribution in [3.05, 3.63) is 35.9 Å². The molecular weight excluding hydrogens is 182 g/mol. The fourth-order valence-corrected chi connectivity index (χ4v) is 2.67. The first-order valence-corrected chi connectivity index (χ1v) is 6.05. The van der Waals surface area contributed by atoms with Crippen LogP contribution in [0.15, 0.2) is 30.3 Å². The average molecular weight is 203 g/mol. The van der Waals surface area contributed by atoms with Crippen LogP contribution in [-0.4, -0.2) is 6.04 Å². The van der Waals surface area contributed by atoms with Crippen LogP contribution in [0.3, 0.4) is 0 Å². The summed E-state index contributed by atoms with van der Waals surface area (Å²) in [5.74, 6) is 1.55. The Hall–Kier alpha value is -0.820. The maximum absolute atomic E-state index is 6.19. The molecule has 0 aromatic heterocycles. The number of rotatable bonds is 2. The van der Waals surface area contributed by atoms with E-state index < -0.39 is 0 Å². The number of hydrogen-bond donors (Lipinski definition) is 1. The van der Waals surface area contributed by atoms with Gasteiger partial charge < -0.3 is 5.73 Å². The highest BCUT2D eigenvalue weighted by atomic mass is 14.7. The molecule has 1 aromatic rings. The molecule has 0 spiro atoms. The highest BCUT2D eigenvalue weighted by molar-refractivity contribution is 5.15. The molecule has 0 heterocycles. The van der Waals surface area contributed by atoms with Crippen molar-refractivity contribution in [3.63, 3.8) is 0 Å². The van der Waals surface area contributed by atoms with Crippen molar-refractivity contribution in [3.8, 4) is 0 Å². The third-order valence-electron chi connectivity index (χ3n) is 3.64. The largest absolute Gasteiger partial charge is 0.327 e. The van der Waals surface area contributed by atoms with Gasteiger partial charge in [-0.2, -0.15) is 0 Å². The normalized spacial score (nSPS) is 31.5. The predicted octanol–water partition coefficient (Wildman–Crippen LogP) is 2.99. The average Bonchev–Trinajstić information content (AvgIpc) is 2.25. The standard InChI is InChI=1S/C14H21N/c1-11-7-8-14(15)13(9-11)10-12-5-3-2-4-6-12/h2-6,11,13-14H,7-10,15H2,1H3/t11-,13+,14+/m0/s1. The van der Waals surface area contributed by atoms with Crippen LogP contribution in [0.25, 0.3) is 0 Å². The lowest BCUT2D eigenvalue weighted by molar-refractivity contribution is 0.245. The van der Waals surface area contributed by atoms with Crippen LogP contribution in [-0.2, 0) is 6.42 Å². The quantitative estimate of drug-likeness (QED) is 0.785. The smallest absolute Gasteiger partial charge is 0.00705 e. The van der Waals surface area contributed by atoms with Crippen LogP contribution in [0.1, 0.15) is 31.7 Å². The minimum Gasteiger partial charge on any atom is -0.327 e. The summed E-state index contributed by atoms with van der Waals surface area (Å²) in [4.78, 5) is 0. The van der Waals surface area contributed by atoms with Gasteiger partial charge in [-0.25, -0.2) is 0 Å². The van der Waals surface area contributed by atoms with Crippen LogP contribution in [0.4, 0.5) is 0 Å². The molecule has 0 saturated heterocycles. The first-order chi connectivity index (χ1) is 7.25. The second-order valence-corrected chi connectivity index (χ2v) is 5.03. The molecule has 2 rings (SSSR count). The molecule has 2 N–H and O–H groups in total. The van der Waals surface area contributed by atoms with Crippen LogP contribution < -0.4 is 5.73 Å². The highest BCUT2D eigenvalue weighted by Crippen LogP contribution is 2.30. The van der Waals surface area contributed by atoms with Gasteiger partial charge in [0.2, 0.25) is 0 Å². The lowest BCUT2D eigenvalue weighted by Crippen LogP contribution is -2.36. The minimum atomic E-state index is 0.418. The van der Waals surface area contributed by atoms with Crippen molar-refractivity contribution in [2.45, 2.75) is 38.6 Å². The lowest BCUT2D eigenvalue weighted by atomic mass is 9.76. The molecule has 1 aliphatic rings. The van der Waals surface area contributed by atoms with Crippen molar-refractivity contribution < 1.29 is 0 Å². The summed E-state index contributed by atoms with van der Waals surface area (Å²) in [7, 11) is 0. The fraction of sp³-hybridized carbons (Fsp3) is 0.571. The van der Waals surface area contributed by atoms with E-state index in [2.05, 4.69) is 37.3 Å². The zero-order valence-electron chi connectivity index (χ0n) is 9.52. The maximum Gasteiger partial charge on any atom is 0.00705 e. The maximum atomic E-state index is 6.19. The molecular formula is C14H21N. The van der Waals surface area contributed by atoms with Crippen molar-refractivity contribution >= 4 is 0 Å². The third kappa shape index (κ3) is 2.82. The van der Waals surface area contributed by atoms with Gasteiger partial charge in [-0.15, -0.1) is 0 Å². The van der Waals surface area contributed by atoms with Crippen LogP contribution in [0, 0.1) is 11.8 Å². The Morgan fingerprint density at radius 2 is 1.93 bits per heavy atom. The molecule has 15 heavy (non-hydrogen) atoms. The van der Waals surface area contributed by atoms with E-state index in [9.17, 15) is 0 Å². The van der Waals surface area contributed by atoms with E-state index >= 15 is 0 Å². The summed E-state index contributed by atoms with van der Waals surface area (Å²) in [6, 6.07) is 11.2. The molecule has 0 unspecified atom stereocenters. The molecule has 0 aliphatic heterocycles. The van der Waals surface area contributed by atoms with Gasteiger partial charge in [0, 0.05) is 6.04 Å². The van der Waals surface area contributed by atoms with Gasteiger partial charge in [0.25, 0.3) is 0 Å². The van der Waals surface area contributed by atoms with E-state index in [1.807, 2.05) is 0 Å². The van der Waals surface area contributed by atoms with Gasteiger partial charge >= 0.3 is 0 Å². The van der Waals surface area contributed by atoms with E-state index in [0.29, 0.717) is 12.0 Å². The molecule has 1 heteroatoms. The second kappa shape index (κ2) is 4.80. The molecule has 1 aliphatic carbocycles. The molecule has 0 radical (unpaired) electrons. The number of hydrogen-bond acceptors (Lipinski definition) is 1. The number of nitrogens with two attached hydrogens (primary N) is 1.